The summed E-state index contributed by atoms with van der Waals surface area (Å²) in [5, 5.41) is 0. The zero-order valence-electron chi connectivity index (χ0n) is 10.9. The number of rotatable bonds is 6. The van der Waals surface area contributed by atoms with E-state index >= 15 is 0 Å². The van der Waals surface area contributed by atoms with Crippen LogP contribution in [-0.2, 0) is 14.3 Å². The van der Waals surface area contributed by atoms with Gasteiger partial charge >= 0.3 is 0 Å². The largest absolute Gasteiger partial charge is 0.383 e. The number of carbonyl (C=O) groups is 1. The van der Waals surface area contributed by atoms with Crippen LogP contribution < -0.4 is 5.73 Å². The normalized spacial score (nSPS) is 22.2. The van der Waals surface area contributed by atoms with Gasteiger partial charge in [0.15, 0.2) is 0 Å². The minimum absolute atomic E-state index is 0.0948. The van der Waals surface area contributed by atoms with Crippen molar-refractivity contribution < 1.29 is 14.3 Å². The molecule has 0 aromatic carbocycles. The molecule has 2 unspecified atom stereocenters. The van der Waals surface area contributed by atoms with Gasteiger partial charge in [-0.15, -0.1) is 0 Å². The number of ether oxygens (including phenoxy) is 2. The van der Waals surface area contributed by atoms with Crippen molar-refractivity contribution in [3.63, 3.8) is 0 Å². The van der Waals surface area contributed by atoms with Crippen molar-refractivity contribution >= 4 is 5.91 Å². The molecule has 17 heavy (non-hydrogen) atoms. The average molecular weight is 244 g/mol. The lowest BCUT2D eigenvalue weighted by Gasteiger charge is -2.26. The standard InChI is InChI=1S/C12H24N2O3/c1-14(8-10(13)9-16-2)12(15)7-11-5-3-4-6-17-11/h10-11H,3-9,13H2,1-2H3. The van der Waals surface area contributed by atoms with Gasteiger partial charge in [-0.05, 0) is 19.3 Å². The maximum absolute atomic E-state index is 11.9. The second kappa shape index (κ2) is 7.63. The Morgan fingerprint density at radius 3 is 2.94 bits per heavy atom. The van der Waals surface area contributed by atoms with Gasteiger partial charge in [0.25, 0.3) is 0 Å². The van der Waals surface area contributed by atoms with Crippen LogP contribution in [0.1, 0.15) is 25.7 Å². The van der Waals surface area contributed by atoms with E-state index in [1.54, 1.807) is 19.1 Å². The van der Waals surface area contributed by atoms with E-state index in [0.717, 1.165) is 25.9 Å². The van der Waals surface area contributed by atoms with E-state index in [4.69, 9.17) is 15.2 Å². The van der Waals surface area contributed by atoms with Crippen LogP contribution in [0.3, 0.4) is 0 Å². The van der Waals surface area contributed by atoms with Gasteiger partial charge in [-0.3, -0.25) is 4.79 Å². The highest BCUT2D eigenvalue weighted by molar-refractivity contribution is 5.76. The molecule has 0 spiro atoms. The Morgan fingerprint density at radius 1 is 1.59 bits per heavy atom. The molecule has 1 aliphatic heterocycles. The molecule has 1 rings (SSSR count). The van der Waals surface area contributed by atoms with Crippen LogP contribution in [0.15, 0.2) is 0 Å². The number of carbonyl (C=O) groups excluding carboxylic acids is 1. The number of nitrogens with zero attached hydrogens (tertiary/aromatic N) is 1. The number of amides is 1. The van der Waals surface area contributed by atoms with Crippen molar-refractivity contribution in [2.75, 3.05) is 33.9 Å². The summed E-state index contributed by atoms with van der Waals surface area (Å²) >= 11 is 0. The Labute approximate surface area is 103 Å². The van der Waals surface area contributed by atoms with Crippen molar-refractivity contribution in [3.8, 4) is 0 Å². The van der Waals surface area contributed by atoms with Gasteiger partial charge in [0, 0.05) is 33.4 Å². The molecule has 0 saturated carbocycles. The number of likely N-dealkylation sites (N-methyl/N-ethyl adjacent to an activating group) is 1. The Kier molecular flexibility index (Phi) is 6.47. The Morgan fingerprint density at radius 2 is 2.35 bits per heavy atom. The summed E-state index contributed by atoms with van der Waals surface area (Å²) in [5.74, 6) is 0.100. The van der Waals surface area contributed by atoms with Crippen LogP contribution in [0.4, 0.5) is 0 Å². The smallest absolute Gasteiger partial charge is 0.224 e. The highest BCUT2D eigenvalue weighted by atomic mass is 16.5. The molecule has 1 saturated heterocycles. The first-order valence-electron chi connectivity index (χ1n) is 6.23. The summed E-state index contributed by atoms with van der Waals surface area (Å²) in [6.07, 6.45) is 3.82. The van der Waals surface area contributed by atoms with Gasteiger partial charge < -0.3 is 20.1 Å². The molecule has 0 radical (unpaired) electrons. The van der Waals surface area contributed by atoms with Crippen LogP contribution >= 0.6 is 0 Å². The molecule has 0 aliphatic carbocycles. The van der Waals surface area contributed by atoms with Gasteiger partial charge in [-0.2, -0.15) is 0 Å². The number of hydrogen-bond acceptors (Lipinski definition) is 4. The monoisotopic (exact) mass is 244 g/mol. The third-order valence-corrected chi connectivity index (χ3v) is 2.99. The fourth-order valence-corrected chi connectivity index (χ4v) is 2.04. The molecule has 0 bridgehead atoms. The van der Waals surface area contributed by atoms with E-state index in [1.165, 1.54) is 0 Å². The number of methoxy groups -OCH3 is 1. The molecule has 2 N–H and O–H groups in total. The summed E-state index contributed by atoms with van der Waals surface area (Å²) in [7, 11) is 3.39. The summed E-state index contributed by atoms with van der Waals surface area (Å²) in [6, 6.07) is -0.124. The van der Waals surface area contributed by atoms with Crippen LogP contribution in [0.2, 0.25) is 0 Å². The maximum Gasteiger partial charge on any atom is 0.224 e. The molecule has 1 heterocycles. The number of nitrogens with two attached hydrogens (primary N) is 1. The first-order valence-corrected chi connectivity index (χ1v) is 6.23. The predicted octanol–water partition coefficient (Wildman–Crippen LogP) is 0.378. The zero-order chi connectivity index (χ0) is 12.7. The third-order valence-electron chi connectivity index (χ3n) is 2.99. The van der Waals surface area contributed by atoms with Crippen LogP contribution in [0, 0.1) is 0 Å². The van der Waals surface area contributed by atoms with Gasteiger partial charge in [0.2, 0.25) is 5.91 Å². The van der Waals surface area contributed by atoms with Crippen molar-refractivity contribution in [3.05, 3.63) is 0 Å². The van der Waals surface area contributed by atoms with Gasteiger partial charge in [-0.25, -0.2) is 0 Å². The summed E-state index contributed by atoms with van der Waals surface area (Å²) in [4.78, 5) is 13.6. The second-order valence-electron chi connectivity index (χ2n) is 4.68. The van der Waals surface area contributed by atoms with Crippen molar-refractivity contribution in [1.29, 1.82) is 0 Å². The molecule has 1 aliphatic rings. The van der Waals surface area contributed by atoms with Gasteiger partial charge in [0.05, 0.1) is 19.1 Å². The first-order chi connectivity index (χ1) is 8.13. The van der Waals surface area contributed by atoms with Crippen LogP contribution in [-0.4, -0.2) is 56.9 Å². The highest BCUT2D eigenvalue weighted by Crippen LogP contribution is 2.16. The SMILES string of the molecule is COCC(N)CN(C)C(=O)CC1CCCCO1. The molecule has 5 nitrogen and oxygen atoms in total. The molecular formula is C12H24N2O3. The zero-order valence-corrected chi connectivity index (χ0v) is 10.9. The Hall–Kier alpha value is -0.650. The lowest BCUT2D eigenvalue weighted by Crippen LogP contribution is -2.42. The lowest BCUT2D eigenvalue weighted by molar-refractivity contribution is -0.134. The molecule has 100 valence electrons. The van der Waals surface area contributed by atoms with E-state index < -0.39 is 0 Å². The summed E-state index contributed by atoms with van der Waals surface area (Å²) in [6.45, 7) is 1.78. The third kappa shape index (κ3) is 5.48. The van der Waals surface area contributed by atoms with Gasteiger partial charge in [-0.1, -0.05) is 0 Å². The van der Waals surface area contributed by atoms with Crippen molar-refractivity contribution in [1.82, 2.24) is 4.90 Å². The molecule has 1 fully saturated rings. The molecule has 0 aromatic rings. The van der Waals surface area contributed by atoms with Crippen molar-refractivity contribution in [2.24, 2.45) is 5.73 Å². The highest BCUT2D eigenvalue weighted by Gasteiger charge is 2.20. The summed E-state index contributed by atoms with van der Waals surface area (Å²) < 4.78 is 10.5. The molecular weight excluding hydrogens is 220 g/mol. The van der Waals surface area contributed by atoms with Crippen LogP contribution in [0.5, 0.6) is 0 Å². The molecule has 0 aromatic heterocycles. The molecule has 2 atom stereocenters. The molecule has 5 heteroatoms. The van der Waals surface area contributed by atoms with E-state index in [-0.39, 0.29) is 18.1 Å². The van der Waals surface area contributed by atoms with Crippen LogP contribution in [0.25, 0.3) is 0 Å². The Balaban J connectivity index is 2.25. The first kappa shape index (κ1) is 14.4. The van der Waals surface area contributed by atoms with Crippen molar-refractivity contribution in [2.45, 2.75) is 37.8 Å². The minimum Gasteiger partial charge on any atom is -0.383 e. The number of hydrogen-bond donors (Lipinski definition) is 1. The topological polar surface area (TPSA) is 64.8 Å². The van der Waals surface area contributed by atoms with E-state index in [9.17, 15) is 4.79 Å². The summed E-state index contributed by atoms with van der Waals surface area (Å²) in [5.41, 5.74) is 5.81. The predicted molar refractivity (Wildman–Crippen MR) is 65.7 cm³/mol. The quantitative estimate of drug-likeness (QED) is 0.733. The maximum atomic E-state index is 11.9. The second-order valence-corrected chi connectivity index (χ2v) is 4.68. The fraction of sp³-hybridized carbons (Fsp3) is 0.917. The fourth-order valence-electron chi connectivity index (χ4n) is 2.04. The lowest BCUT2D eigenvalue weighted by atomic mass is 10.1. The average Bonchev–Trinajstić information content (AvgIpc) is 2.30. The van der Waals surface area contributed by atoms with E-state index in [1.807, 2.05) is 0 Å². The Bertz CT molecular complexity index is 230. The van der Waals surface area contributed by atoms with E-state index in [0.29, 0.717) is 19.6 Å². The minimum atomic E-state index is -0.124. The molecule has 1 amide bonds. The van der Waals surface area contributed by atoms with E-state index in [2.05, 4.69) is 0 Å². The van der Waals surface area contributed by atoms with Gasteiger partial charge in [0.1, 0.15) is 0 Å².